The van der Waals surface area contributed by atoms with Crippen molar-refractivity contribution in [2.24, 2.45) is 0 Å². The van der Waals surface area contributed by atoms with Gasteiger partial charge in [-0.05, 0) is 35.7 Å². The van der Waals surface area contributed by atoms with Crippen molar-refractivity contribution in [2.45, 2.75) is 38.1 Å². The number of ether oxygens (including phenoxy) is 1. The average molecular weight is 311 g/mol. The van der Waals surface area contributed by atoms with Crippen molar-refractivity contribution in [2.75, 3.05) is 6.61 Å². The minimum absolute atomic E-state index is 0.217. The van der Waals surface area contributed by atoms with E-state index in [0.717, 1.165) is 36.5 Å². The second kappa shape index (κ2) is 7.27. The van der Waals surface area contributed by atoms with Gasteiger partial charge in [-0.1, -0.05) is 49.6 Å². The first-order valence-electron chi connectivity index (χ1n) is 8.18. The molecule has 4 nitrogen and oxygen atoms in total. The summed E-state index contributed by atoms with van der Waals surface area (Å²) in [6.07, 6.45) is 5.59. The fourth-order valence-electron chi connectivity index (χ4n) is 3.05. The highest BCUT2D eigenvalue weighted by atomic mass is 16.5. The van der Waals surface area contributed by atoms with Crippen LogP contribution < -0.4 is 5.32 Å². The van der Waals surface area contributed by atoms with Gasteiger partial charge in [0.2, 0.25) is 0 Å². The van der Waals surface area contributed by atoms with Gasteiger partial charge in [0.1, 0.15) is 0 Å². The van der Waals surface area contributed by atoms with E-state index in [4.69, 9.17) is 4.74 Å². The third-order valence-corrected chi connectivity index (χ3v) is 4.29. The lowest BCUT2D eigenvalue weighted by molar-refractivity contribution is -0.125. The third kappa shape index (κ3) is 4.09. The highest BCUT2D eigenvalue weighted by molar-refractivity contribution is 5.96. The van der Waals surface area contributed by atoms with Gasteiger partial charge in [0.05, 0.1) is 5.56 Å². The van der Waals surface area contributed by atoms with Crippen LogP contribution in [0, 0.1) is 0 Å². The lowest BCUT2D eigenvalue weighted by atomic mass is 9.95. The molecule has 3 rings (SSSR count). The molecule has 0 heterocycles. The van der Waals surface area contributed by atoms with Gasteiger partial charge in [0.25, 0.3) is 5.91 Å². The van der Waals surface area contributed by atoms with Crippen molar-refractivity contribution >= 4 is 22.6 Å². The van der Waals surface area contributed by atoms with Crippen molar-refractivity contribution in [1.82, 2.24) is 5.32 Å². The van der Waals surface area contributed by atoms with Gasteiger partial charge >= 0.3 is 5.97 Å². The normalized spacial score (nSPS) is 15.3. The zero-order valence-corrected chi connectivity index (χ0v) is 13.1. The molecule has 2 aromatic rings. The van der Waals surface area contributed by atoms with Gasteiger partial charge in [0.15, 0.2) is 6.61 Å². The second-order valence-electron chi connectivity index (χ2n) is 6.04. The molecule has 0 saturated heterocycles. The van der Waals surface area contributed by atoms with Crippen LogP contribution in [0.15, 0.2) is 42.5 Å². The summed E-state index contributed by atoms with van der Waals surface area (Å²) in [6, 6.07) is 13.4. The Hall–Kier alpha value is -2.36. The van der Waals surface area contributed by atoms with Crippen molar-refractivity contribution in [1.29, 1.82) is 0 Å². The number of carbonyl (C=O) groups is 2. The molecule has 1 saturated carbocycles. The first-order valence-corrected chi connectivity index (χ1v) is 8.18. The minimum Gasteiger partial charge on any atom is -0.452 e. The first-order chi connectivity index (χ1) is 11.2. The van der Waals surface area contributed by atoms with E-state index in [1.54, 1.807) is 12.1 Å². The van der Waals surface area contributed by atoms with Gasteiger partial charge in [-0.25, -0.2) is 4.79 Å². The molecule has 0 atom stereocenters. The van der Waals surface area contributed by atoms with E-state index in [1.165, 1.54) is 6.42 Å². The molecule has 0 radical (unpaired) electrons. The summed E-state index contributed by atoms with van der Waals surface area (Å²) < 4.78 is 5.13. The molecular formula is C19H21NO3. The van der Waals surface area contributed by atoms with Gasteiger partial charge < -0.3 is 10.1 Å². The molecule has 23 heavy (non-hydrogen) atoms. The lowest BCUT2D eigenvalue weighted by Crippen LogP contribution is -2.38. The number of carbonyl (C=O) groups excluding carboxylic acids is 2. The van der Waals surface area contributed by atoms with E-state index in [0.29, 0.717) is 5.56 Å². The van der Waals surface area contributed by atoms with Gasteiger partial charge in [-0.15, -0.1) is 0 Å². The molecule has 0 spiro atoms. The Labute approximate surface area is 135 Å². The highest BCUT2D eigenvalue weighted by Crippen LogP contribution is 2.18. The number of hydrogen-bond donors (Lipinski definition) is 1. The number of fused-ring (bicyclic) bond motifs is 1. The molecule has 4 heteroatoms. The van der Waals surface area contributed by atoms with Crippen LogP contribution in [0.4, 0.5) is 0 Å². The number of hydrogen-bond acceptors (Lipinski definition) is 3. The second-order valence-corrected chi connectivity index (χ2v) is 6.04. The molecule has 1 aliphatic carbocycles. The SMILES string of the molecule is O=C(COC(=O)c1ccc2ccccc2c1)NC1CCCCC1. The Morgan fingerprint density at radius 1 is 1.00 bits per heavy atom. The molecule has 1 amide bonds. The van der Waals surface area contributed by atoms with Crippen LogP contribution >= 0.6 is 0 Å². The largest absolute Gasteiger partial charge is 0.452 e. The predicted octanol–water partition coefficient (Wildman–Crippen LogP) is 3.45. The number of esters is 1. The Morgan fingerprint density at radius 2 is 1.74 bits per heavy atom. The van der Waals surface area contributed by atoms with Crippen LogP contribution in [-0.4, -0.2) is 24.5 Å². The Bertz CT molecular complexity index is 705. The summed E-state index contributed by atoms with van der Waals surface area (Å²) in [5.74, 6) is -0.680. The van der Waals surface area contributed by atoms with Crippen LogP contribution in [0.2, 0.25) is 0 Å². The summed E-state index contributed by atoms with van der Waals surface area (Å²) in [5.41, 5.74) is 0.467. The highest BCUT2D eigenvalue weighted by Gasteiger charge is 2.17. The topological polar surface area (TPSA) is 55.4 Å². The smallest absolute Gasteiger partial charge is 0.338 e. The predicted molar refractivity (Wildman–Crippen MR) is 89.2 cm³/mol. The summed E-state index contributed by atoms with van der Waals surface area (Å²) in [4.78, 5) is 24.0. The molecule has 0 unspecified atom stereocenters. The third-order valence-electron chi connectivity index (χ3n) is 4.29. The molecule has 0 aromatic heterocycles. The molecule has 0 aliphatic heterocycles. The van der Waals surface area contributed by atoms with Crippen LogP contribution in [-0.2, 0) is 9.53 Å². The fourth-order valence-corrected chi connectivity index (χ4v) is 3.05. The van der Waals surface area contributed by atoms with Crippen molar-refractivity contribution in [3.05, 3.63) is 48.0 Å². The number of amides is 1. The zero-order valence-electron chi connectivity index (χ0n) is 13.1. The van der Waals surface area contributed by atoms with Crippen molar-refractivity contribution < 1.29 is 14.3 Å². The standard InChI is InChI=1S/C19H21NO3/c21-18(20-17-8-2-1-3-9-17)13-23-19(22)16-11-10-14-6-4-5-7-15(14)12-16/h4-7,10-12,17H,1-3,8-9,13H2,(H,20,21). The number of nitrogens with one attached hydrogen (secondary N) is 1. The summed E-state index contributed by atoms with van der Waals surface area (Å²) in [6.45, 7) is -0.220. The minimum atomic E-state index is -0.463. The summed E-state index contributed by atoms with van der Waals surface area (Å²) in [5, 5.41) is 4.99. The quantitative estimate of drug-likeness (QED) is 0.880. The van der Waals surface area contributed by atoms with E-state index in [1.807, 2.05) is 30.3 Å². The number of benzene rings is 2. The Morgan fingerprint density at radius 3 is 2.52 bits per heavy atom. The van der Waals surface area contributed by atoms with E-state index in [9.17, 15) is 9.59 Å². The lowest BCUT2D eigenvalue weighted by Gasteiger charge is -2.22. The monoisotopic (exact) mass is 311 g/mol. The maximum atomic E-state index is 12.1. The zero-order chi connectivity index (χ0) is 16.1. The maximum Gasteiger partial charge on any atom is 0.338 e. The molecular weight excluding hydrogens is 290 g/mol. The van der Waals surface area contributed by atoms with Crippen LogP contribution in [0.3, 0.4) is 0 Å². The average Bonchev–Trinajstić information content (AvgIpc) is 2.60. The van der Waals surface area contributed by atoms with E-state index in [-0.39, 0.29) is 18.6 Å². The molecule has 0 bridgehead atoms. The fraction of sp³-hybridized carbons (Fsp3) is 0.368. The van der Waals surface area contributed by atoms with E-state index < -0.39 is 5.97 Å². The Balaban J connectivity index is 1.54. The van der Waals surface area contributed by atoms with Crippen LogP contribution in [0.5, 0.6) is 0 Å². The maximum absolute atomic E-state index is 12.1. The molecule has 2 aromatic carbocycles. The molecule has 1 aliphatic rings. The summed E-state index contributed by atoms with van der Waals surface area (Å²) >= 11 is 0. The van der Waals surface area contributed by atoms with Crippen molar-refractivity contribution in [3.63, 3.8) is 0 Å². The van der Waals surface area contributed by atoms with Crippen molar-refractivity contribution in [3.8, 4) is 0 Å². The Kier molecular flexibility index (Phi) is 4.91. The van der Waals surface area contributed by atoms with Gasteiger partial charge in [0, 0.05) is 6.04 Å². The molecule has 1 fully saturated rings. The molecule has 120 valence electrons. The van der Waals surface area contributed by atoms with Gasteiger partial charge in [-0.2, -0.15) is 0 Å². The van der Waals surface area contributed by atoms with Gasteiger partial charge in [-0.3, -0.25) is 4.79 Å². The van der Waals surface area contributed by atoms with Crippen LogP contribution in [0.25, 0.3) is 10.8 Å². The molecule has 1 N–H and O–H groups in total. The first kappa shape index (κ1) is 15.5. The summed E-state index contributed by atoms with van der Waals surface area (Å²) in [7, 11) is 0. The van der Waals surface area contributed by atoms with E-state index in [2.05, 4.69) is 5.32 Å². The number of rotatable bonds is 4. The van der Waals surface area contributed by atoms with E-state index >= 15 is 0 Å². The van der Waals surface area contributed by atoms with Crippen LogP contribution in [0.1, 0.15) is 42.5 Å².